The Labute approximate surface area is 94.9 Å². The van der Waals surface area contributed by atoms with Crippen molar-refractivity contribution in [3.05, 3.63) is 59.7 Å². The van der Waals surface area contributed by atoms with Gasteiger partial charge in [-0.25, -0.2) is 0 Å². The molecule has 0 unspecified atom stereocenters. The van der Waals surface area contributed by atoms with Gasteiger partial charge in [-0.2, -0.15) is 0 Å². The van der Waals surface area contributed by atoms with E-state index in [1.54, 1.807) is 0 Å². The van der Waals surface area contributed by atoms with Gasteiger partial charge in [-0.15, -0.1) is 0 Å². The van der Waals surface area contributed by atoms with Gasteiger partial charge in [-0.05, 0) is 29.0 Å². The van der Waals surface area contributed by atoms with Gasteiger partial charge in [0.1, 0.15) is 0 Å². The second kappa shape index (κ2) is 3.53. The fraction of sp³-hybridized carbons (Fsp3) is 0.0667. The van der Waals surface area contributed by atoms with E-state index in [-0.39, 0.29) is 0 Å². The summed E-state index contributed by atoms with van der Waals surface area (Å²) in [7, 11) is 0. The Morgan fingerprint density at radius 1 is 1.06 bits per heavy atom. The van der Waals surface area contributed by atoms with Gasteiger partial charge in [-0.3, -0.25) is 0 Å². The quantitative estimate of drug-likeness (QED) is 0.657. The maximum absolute atomic E-state index is 6.24. The molecule has 3 rings (SSSR count). The third kappa shape index (κ3) is 1.33. The summed E-state index contributed by atoms with van der Waals surface area (Å²) in [5.74, 6) is 0. The first-order valence-corrected chi connectivity index (χ1v) is 5.49. The van der Waals surface area contributed by atoms with Gasteiger partial charge in [0, 0.05) is 11.1 Å². The molecule has 0 bridgehead atoms. The zero-order chi connectivity index (χ0) is 11.0. The molecule has 2 aromatic rings. The maximum Gasteiger partial charge on any atom is 0.0435 e. The van der Waals surface area contributed by atoms with E-state index >= 15 is 0 Å². The second-order valence-corrected chi connectivity index (χ2v) is 4.07. The average molecular weight is 207 g/mol. The number of nitrogens with two attached hydrogens (primary N) is 1. The molecule has 2 aromatic carbocycles. The summed E-state index contributed by atoms with van der Waals surface area (Å²) in [5.41, 5.74) is 9.64. The minimum absolute atomic E-state index is 0.916. The summed E-state index contributed by atoms with van der Waals surface area (Å²) in [5, 5.41) is 2.37. The lowest BCUT2D eigenvalue weighted by molar-refractivity contribution is 1.28. The van der Waals surface area contributed by atoms with Crippen LogP contribution in [0.15, 0.2) is 48.6 Å². The fourth-order valence-corrected chi connectivity index (χ4v) is 2.24. The van der Waals surface area contributed by atoms with Gasteiger partial charge >= 0.3 is 0 Å². The van der Waals surface area contributed by atoms with Crippen LogP contribution in [0.3, 0.4) is 0 Å². The van der Waals surface area contributed by atoms with Crippen LogP contribution in [0.2, 0.25) is 0 Å². The maximum atomic E-state index is 6.24. The number of hydrogen-bond donors (Lipinski definition) is 1. The number of rotatable bonds is 0. The number of anilines is 1. The lowest BCUT2D eigenvalue weighted by Gasteiger charge is -2.11. The lowest BCUT2D eigenvalue weighted by Crippen LogP contribution is -1.97. The van der Waals surface area contributed by atoms with Crippen molar-refractivity contribution >= 4 is 22.5 Å². The zero-order valence-corrected chi connectivity index (χ0v) is 8.98. The Morgan fingerprint density at radius 3 is 2.88 bits per heavy atom. The van der Waals surface area contributed by atoms with E-state index in [2.05, 4.69) is 42.5 Å². The van der Waals surface area contributed by atoms with Crippen LogP contribution < -0.4 is 5.73 Å². The van der Waals surface area contributed by atoms with E-state index in [0.29, 0.717) is 0 Å². The largest absolute Gasteiger partial charge is 0.398 e. The Hall–Kier alpha value is -2.02. The molecule has 0 amide bonds. The van der Waals surface area contributed by atoms with E-state index in [0.717, 1.165) is 17.5 Å². The highest BCUT2D eigenvalue weighted by Gasteiger charge is 2.08. The van der Waals surface area contributed by atoms with Gasteiger partial charge in [-0.1, -0.05) is 48.6 Å². The first-order chi connectivity index (χ1) is 7.86. The normalized spacial score (nSPS) is 13.8. The lowest BCUT2D eigenvalue weighted by atomic mass is 9.97. The molecule has 1 heteroatoms. The van der Waals surface area contributed by atoms with Gasteiger partial charge < -0.3 is 5.73 Å². The summed E-state index contributed by atoms with van der Waals surface area (Å²) < 4.78 is 0. The van der Waals surface area contributed by atoms with Crippen molar-refractivity contribution in [1.82, 2.24) is 0 Å². The van der Waals surface area contributed by atoms with E-state index in [1.165, 1.54) is 16.5 Å². The smallest absolute Gasteiger partial charge is 0.0435 e. The second-order valence-electron chi connectivity index (χ2n) is 4.07. The molecule has 0 saturated heterocycles. The molecular weight excluding hydrogens is 194 g/mol. The van der Waals surface area contributed by atoms with Crippen molar-refractivity contribution < 1.29 is 0 Å². The predicted molar refractivity (Wildman–Crippen MR) is 70.2 cm³/mol. The standard InChI is InChI=1S/C15H13N/c16-15-13-8-3-1-2-6-11(13)10-12-7-4-5-9-14(12)15/h1-7,9-10H,8,16H2. The van der Waals surface area contributed by atoms with Crippen molar-refractivity contribution in [2.24, 2.45) is 0 Å². The van der Waals surface area contributed by atoms with E-state index < -0.39 is 0 Å². The molecule has 16 heavy (non-hydrogen) atoms. The van der Waals surface area contributed by atoms with Crippen molar-refractivity contribution in [1.29, 1.82) is 0 Å². The van der Waals surface area contributed by atoms with Crippen LogP contribution in [0.1, 0.15) is 11.1 Å². The summed E-state index contributed by atoms with van der Waals surface area (Å²) in [4.78, 5) is 0. The molecule has 78 valence electrons. The van der Waals surface area contributed by atoms with Crippen LogP contribution in [0, 0.1) is 0 Å². The predicted octanol–water partition coefficient (Wildman–Crippen LogP) is 3.55. The molecule has 1 nitrogen and oxygen atoms in total. The van der Waals surface area contributed by atoms with Crippen LogP contribution in [-0.4, -0.2) is 0 Å². The van der Waals surface area contributed by atoms with E-state index in [9.17, 15) is 0 Å². The Bertz CT molecular complexity index is 606. The number of allylic oxidation sites excluding steroid dienone is 3. The highest BCUT2D eigenvalue weighted by atomic mass is 14.6. The number of benzene rings is 2. The molecule has 0 spiro atoms. The molecule has 1 aliphatic rings. The Balaban J connectivity index is 2.39. The van der Waals surface area contributed by atoms with Crippen molar-refractivity contribution in [2.45, 2.75) is 6.42 Å². The monoisotopic (exact) mass is 207 g/mol. The fourth-order valence-electron chi connectivity index (χ4n) is 2.24. The Kier molecular flexibility index (Phi) is 2.03. The highest BCUT2D eigenvalue weighted by Crippen LogP contribution is 2.30. The molecule has 0 fully saturated rings. The third-order valence-corrected chi connectivity index (χ3v) is 3.08. The van der Waals surface area contributed by atoms with Gasteiger partial charge in [0.2, 0.25) is 0 Å². The van der Waals surface area contributed by atoms with Crippen LogP contribution in [0.25, 0.3) is 16.8 Å². The van der Waals surface area contributed by atoms with Crippen molar-refractivity contribution in [3.63, 3.8) is 0 Å². The van der Waals surface area contributed by atoms with Crippen molar-refractivity contribution in [2.75, 3.05) is 5.73 Å². The van der Waals surface area contributed by atoms with Gasteiger partial charge in [0.05, 0.1) is 0 Å². The van der Waals surface area contributed by atoms with Crippen molar-refractivity contribution in [3.8, 4) is 0 Å². The van der Waals surface area contributed by atoms with Gasteiger partial charge in [0.15, 0.2) is 0 Å². The summed E-state index contributed by atoms with van der Waals surface area (Å²) >= 11 is 0. The van der Waals surface area contributed by atoms with Crippen LogP contribution in [-0.2, 0) is 6.42 Å². The molecule has 2 N–H and O–H groups in total. The summed E-state index contributed by atoms with van der Waals surface area (Å²) in [6.07, 6.45) is 9.33. The minimum Gasteiger partial charge on any atom is -0.398 e. The topological polar surface area (TPSA) is 26.0 Å². The number of hydrogen-bond acceptors (Lipinski definition) is 1. The molecule has 0 saturated carbocycles. The molecule has 1 aliphatic carbocycles. The minimum atomic E-state index is 0.916. The third-order valence-electron chi connectivity index (χ3n) is 3.08. The molecule has 0 aliphatic heterocycles. The van der Waals surface area contributed by atoms with Crippen LogP contribution in [0.5, 0.6) is 0 Å². The van der Waals surface area contributed by atoms with Gasteiger partial charge in [0.25, 0.3) is 0 Å². The first-order valence-electron chi connectivity index (χ1n) is 5.49. The van der Waals surface area contributed by atoms with E-state index in [1.807, 2.05) is 12.1 Å². The Morgan fingerprint density at radius 2 is 1.94 bits per heavy atom. The molecule has 0 atom stereocenters. The number of fused-ring (bicyclic) bond motifs is 2. The van der Waals surface area contributed by atoms with Crippen LogP contribution >= 0.6 is 0 Å². The summed E-state index contributed by atoms with van der Waals surface area (Å²) in [6, 6.07) is 10.5. The zero-order valence-electron chi connectivity index (χ0n) is 8.98. The molecule has 0 aromatic heterocycles. The first kappa shape index (κ1) is 9.22. The van der Waals surface area contributed by atoms with Crippen LogP contribution in [0.4, 0.5) is 5.69 Å². The van der Waals surface area contributed by atoms with E-state index in [4.69, 9.17) is 5.73 Å². The molecular formula is C15H13N. The molecule has 0 radical (unpaired) electrons. The number of nitrogen functional groups attached to an aromatic ring is 1. The average Bonchev–Trinajstić information content (AvgIpc) is 2.55. The summed E-state index contributed by atoms with van der Waals surface area (Å²) in [6.45, 7) is 0. The molecule has 0 heterocycles. The highest BCUT2D eigenvalue weighted by molar-refractivity contribution is 5.97. The SMILES string of the molecule is Nc1c2c(cc3ccccc13)C=CC=CC2.